The summed E-state index contributed by atoms with van der Waals surface area (Å²) < 4.78 is 6.17. The molecule has 144 valence electrons. The van der Waals surface area contributed by atoms with E-state index in [4.69, 9.17) is 4.74 Å². The molecule has 2 N–H and O–H groups in total. The molecule has 2 heterocycles. The molecule has 2 atom stereocenters. The van der Waals surface area contributed by atoms with Crippen LogP contribution in [0.3, 0.4) is 0 Å². The van der Waals surface area contributed by atoms with Crippen molar-refractivity contribution in [2.45, 2.75) is 32.0 Å². The number of nitrogens with one attached hydrogen (secondary N) is 1. The molecule has 0 spiro atoms. The quantitative estimate of drug-likeness (QED) is 0.683. The van der Waals surface area contributed by atoms with E-state index in [-0.39, 0.29) is 6.10 Å². The van der Waals surface area contributed by atoms with Crippen molar-refractivity contribution in [1.82, 2.24) is 10.3 Å². The maximum absolute atomic E-state index is 10.2. The van der Waals surface area contributed by atoms with Gasteiger partial charge in [-0.3, -0.25) is 4.98 Å². The minimum Gasteiger partial charge on any atom is -0.489 e. The number of fused-ring (bicyclic) bond motifs is 1. The number of rotatable bonds is 6. The predicted octanol–water partition coefficient (Wildman–Crippen LogP) is 4.07. The van der Waals surface area contributed by atoms with Crippen molar-refractivity contribution in [3.63, 3.8) is 0 Å². The van der Waals surface area contributed by atoms with Crippen molar-refractivity contribution in [3.8, 4) is 16.9 Å². The van der Waals surface area contributed by atoms with Gasteiger partial charge >= 0.3 is 0 Å². The van der Waals surface area contributed by atoms with Crippen molar-refractivity contribution in [3.05, 3.63) is 83.7 Å². The molecule has 0 aliphatic carbocycles. The lowest BCUT2D eigenvalue weighted by atomic mass is 9.96. The number of aromatic nitrogens is 1. The normalized spacial score (nSPS) is 16.9. The van der Waals surface area contributed by atoms with E-state index >= 15 is 0 Å². The second kappa shape index (κ2) is 8.55. The van der Waals surface area contributed by atoms with E-state index in [9.17, 15) is 5.11 Å². The lowest BCUT2D eigenvalue weighted by Gasteiger charge is -2.27. The van der Waals surface area contributed by atoms with E-state index < -0.39 is 6.10 Å². The van der Waals surface area contributed by atoms with Gasteiger partial charge in [0.2, 0.25) is 0 Å². The van der Waals surface area contributed by atoms with Gasteiger partial charge in [0.05, 0.1) is 6.10 Å². The molecular weight excluding hydrogens is 348 g/mol. The fourth-order valence-electron chi connectivity index (χ4n) is 3.59. The fraction of sp³-hybridized carbons (Fsp3) is 0.292. The number of aliphatic hydroxyl groups is 1. The Labute approximate surface area is 166 Å². The van der Waals surface area contributed by atoms with Crippen LogP contribution >= 0.6 is 0 Å². The Morgan fingerprint density at radius 1 is 1.14 bits per heavy atom. The standard InChI is InChI=1S/C24H26N2O2/c1-17-4-6-18(7-5-17)19-9-11-24-20(13-19)8-10-22(28-24)15-26-16-23(27)21-3-2-12-25-14-21/h2-7,9,11-14,22-23,26-27H,8,10,15-16H2,1H3. The second-order valence-corrected chi connectivity index (χ2v) is 7.43. The van der Waals surface area contributed by atoms with Gasteiger partial charge in [0, 0.05) is 31.0 Å². The van der Waals surface area contributed by atoms with Crippen LogP contribution in [0.25, 0.3) is 11.1 Å². The summed E-state index contributed by atoms with van der Waals surface area (Å²) in [6, 6.07) is 18.8. The number of hydrogen-bond donors (Lipinski definition) is 2. The molecule has 1 aliphatic rings. The van der Waals surface area contributed by atoms with Gasteiger partial charge < -0.3 is 15.2 Å². The van der Waals surface area contributed by atoms with Crippen molar-refractivity contribution in [2.75, 3.05) is 13.1 Å². The minimum atomic E-state index is -0.554. The van der Waals surface area contributed by atoms with E-state index in [2.05, 4.69) is 59.7 Å². The molecule has 1 aromatic heterocycles. The molecule has 0 saturated carbocycles. The summed E-state index contributed by atoms with van der Waals surface area (Å²) in [7, 11) is 0. The van der Waals surface area contributed by atoms with E-state index in [0.717, 1.165) is 30.7 Å². The Balaban J connectivity index is 1.33. The van der Waals surface area contributed by atoms with Crippen LogP contribution in [-0.4, -0.2) is 29.3 Å². The summed E-state index contributed by atoms with van der Waals surface area (Å²) in [4.78, 5) is 4.05. The maximum atomic E-state index is 10.2. The maximum Gasteiger partial charge on any atom is 0.123 e. The lowest BCUT2D eigenvalue weighted by molar-refractivity contribution is 0.146. The average Bonchev–Trinajstić information content (AvgIpc) is 2.74. The van der Waals surface area contributed by atoms with Crippen molar-refractivity contribution < 1.29 is 9.84 Å². The first-order valence-corrected chi connectivity index (χ1v) is 9.84. The van der Waals surface area contributed by atoms with Gasteiger partial charge in [-0.05, 0) is 54.7 Å². The Bertz CT molecular complexity index is 910. The van der Waals surface area contributed by atoms with Gasteiger partial charge in [-0.1, -0.05) is 42.0 Å². The predicted molar refractivity (Wildman–Crippen MR) is 111 cm³/mol. The first-order valence-electron chi connectivity index (χ1n) is 9.84. The number of nitrogens with zero attached hydrogens (tertiary/aromatic N) is 1. The minimum absolute atomic E-state index is 0.124. The second-order valence-electron chi connectivity index (χ2n) is 7.43. The molecule has 2 unspecified atom stereocenters. The summed E-state index contributed by atoms with van der Waals surface area (Å²) in [5.41, 5.74) is 5.84. The van der Waals surface area contributed by atoms with Gasteiger partial charge in [0.1, 0.15) is 11.9 Å². The van der Waals surface area contributed by atoms with Gasteiger partial charge in [-0.25, -0.2) is 0 Å². The van der Waals surface area contributed by atoms with E-state index in [1.165, 1.54) is 22.3 Å². The molecule has 28 heavy (non-hydrogen) atoms. The van der Waals surface area contributed by atoms with Crippen LogP contribution in [-0.2, 0) is 6.42 Å². The van der Waals surface area contributed by atoms with E-state index in [1.54, 1.807) is 12.4 Å². The van der Waals surface area contributed by atoms with Gasteiger partial charge in [0.25, 0.3) is 0 Å². The largest absolute Gasteiger partial charge is 0.489 e. The number of benzene rings is 2. The first-order chi connectivity index (χ1) is 13.7. The van der Waals surface area contributed by atoms with Crippen molar-refractivity contribution in [1.29, 1.82) is 0 Å². The Kier molecular flexibility index (Phi) is 5.70. The molecule has 3 aromatic rings. The summed E-state index contributed by atoms with van der Waals surface area (Å²) in [6.45, 7) is 3.32. The smallest absolute Gasteiger partial charge is 0.123 e. The Hall–Kier alpha value is -2.69. The molecule has 2 aromatic carbocycles. The molecule has 0 radical (unpaired) electrons. The monoisotopic (exact) mass is 374 g/mol. The average molecular weight is 374 g/mol. The highest BCUT2D eigenvalue weighted by atomic mass is 16.5. The molecular formula is C24H26N2O2. The SMILES string of the molecule is Cc1ccc(-c2ccc3c(c2)CCC(CNCC(O)c2cccnc2)O3)cc1. The van der Waals surface area contributed by atoms with Crippen molar-refractivity contribution >= 4 is 0 Å². The van der Waals surface area contributed by atoms with Gasteiger partial charge in [-0.2, -0.15) is 0 Å². The van der Waals surface area contributed by atoms with Crippen LogP contribution in [0.2, 0.25) is 0 Å². The number of ether oxygens (including phenoxy) is 1. The molecule has 0 amide bonds. The zero-order valence-electron chi connectivity index (χ0n) is 16.1. The number of aryl methyl sites for hydroxylation is 2. The summed E-state index contributed by atoms with van der Waals surface area (Å²) in [6.07, 6.45) is 4.96. The molecule has 4 nitrogen and oxygen atoms in total. The van der Waals surface area contributed by atoms with Crippen LogP contribution in [0.15, 0.2) is 67.0 Å². The highest BCUT2D eigenvalue weighted by Crippen LogP contribution is 2.32. The topological polar surface area (TPSA) is 54.4 Å². The number of pyridine rings is 1. The zero-order valence-corrected chi connectivity index (χ0v) is 16.1. The number of hydrogen-bond acceptors (Lipinski definition) is 4. The highest BCUT2D eigenvalue weighted by Gasteiger charge is 2.20. The Morgan fingerprint density at radius 3 is 2.75 bits per heavy atom. The van der Waals surface area contributed by atoms with Crippen LogP contribution in [0.1, 0.15) is 29.2 Å². The highest BCUT2D eigenvalue weighted by molar-refractivity contribution is 5.66. The Morgan fingerprint density at radius 2 is 1.96 bits per heavy atom. The summed E-state index contributed by atoms with van der Waals surface area (Å²) >= 11 is 0. The molecule has 4 heteroatoms. The third-order valence-electron chi connectivity index (χ3n) is 5.25. The molecule has 4 rings (SSSR count). The lowest BCUT2D eigenvalue weighted by Crippen LogP contribution is -2.36. The van der Waals surface area contributed by atoms with Crippen molar-refractivity contribution in [2.24, 2.45) is 0 Å². The third kappa shape index (κ3) is 4.41. The first kappa shape index (κ1) is 18.7. The molecule has 0 fully saturated rings. The van der Waals surface area contributed by atoms with E-state index in [1.807, 2.05) is 12.1 Å². The third-order valence-corrected chi connectivity index (χ3v) is 5.25. The summed E-state index contributed by atoms with van der Waals surface area (Å²) in [5.74, 6) is 0.974. The molecule has 0 bridgehead atoms. The van der Waals surface area contributed by atoms with Gasteiger partial charge in [0.15, 0.2) is 0 Å². The van der Waals surface area contributed by atoms with Crippen LogP contribution in [0.4, 0.5) is 0 Å². The van der Waals surface area contributed by atoms with E-state index in [0.29, 0.717) is 6.54 Å². The zero-order chi connectivity index (χ0) is 19.3. The fourth-order valence-corrected chi connectivity index (χ4v) is 3.59. The molecule has 1 aliphatic heterocycles. The van der Waals surface area contributed by atoms with Crippen LogP contribution in [0, 0.1) is 6.92 Å². The van der Waals surface area contributed by atoms with Gasteiger partial charge in [-0.15, -0.1) is 0 Å². The van der Waals surface area contributed by atoms with Crippen LogP contribution < -0.4 is 10.1 Å². The van der Waals surface area contributed by atoms with Crippen LogP contribution in [0.5, 0.6) is 5.75 Å². The summed E-state index contributed by atoms with van der Waals surface area (Å²) in [5, 5.41) is 13.5. The number of aliphatic hydroxyl groups excluding tert-OH is 1. The molecule has 0 saturated heterocycles.